The van der Waals surface area contributed by atoms with Crippen LogP contribution in [0.25, 0.3) is 0 Å². The molecule has 2 aromatic heterocycles. The minimum Gasteiger partial charge on any atom is -0.454 e. The number of thiophene rings is 1. The minimum atomic E-state index is -0.218. The van der Waals surface area contributed by atoms with Gasteiger partial charge in [0, 0.05) is 6.54 Å². The third kappa shape index (κ3) is 4.61. The Morgan fingerprint density at radius 1 is 1.18 bits per heavy atom. The summed E-state index contributed by atoms with van der Waals surface area (Å²) >= 11 is 3.85. The van der Waals surface area contributed by atoms with Crippen molar-refractivity contribution in [2.24, 2.45) is 0 Å². The molecule has 0 fully saturated rings. The first-order chi connectivity index (χ1) is 13.7. The van der Waals surface area contributed by atoms with Crippen LogP contribution in [0.3, 0.4) is 0 Å². The molecule has 0 bridgehead atoms. The zero-order chi connectivity index (χ0) is 19.3. The quantitative estimate of drug-likeness (QED) is 0.435. The Kier molecular flexibility index (Phi) is 5.74. The van der Waals surface area contributed by atoms with Gasteiger partial charge in [0.25, 0.3) is 5.91 Å². The second-order valence-electron chi connectivity index (χ2n) is 5.56. The second-order valence-corrected chi connectivity index (χ2v) is 8.71. The second kappa shape index (κ2) is 8.59. The van der Waals surface area contributed by atoms with Gasteiger partial charge >= 0.3 is 0 Å². The fraction of sp³-hybridized carbons (Fsp3) is 0.176. The molecule has 144 valence electrons. The molecule has 3 aromatic rings. The maximum absolute atomic E-state index is 12.1. The van der Waals surface area contributed by atoms with Gasteiger partial charge in [-0.25, -0.2) is 0 Å². The molecule has 0 atom stereocenters. The Labute approximate surface area is 172 Å². The van der Waals surface area contributed by atoms with Gasteiger partial charge in [-0.2, -0.15) is 0 Å². The number of carbonyl (C=O) groups is 2. The molecule has 3 heterocycles. The van der Waals surface area contributed by atoms with Crippen molar-refractivity contribution in [1.29, 1.82) is 0 Å². The van der Waals surface area contributed by atoms with Crippen molar-refractivity contribution in [3.8, 4) is 11.5 Å². The number of nitrogens with one attached hydrogen (secondary N) is 2. The first-order valence-electron chi connectivity index (χ1n) is 8.14. The molecule has 28 heavy (non-hydrogen) atoms. The number of aromatic nitrogens is 2. The number of hydrogen-bond acceptors (Lipinski definition) is 9. The van der Waals surface area contributed by atoms with Crippen molar-refractivity contribution in [2.45, 2.75) is 10.9 Å². The highest BCUT2D eigenvalue weighted by atomic mass is 32.2. The highest BCUT2D eigenvalue weighted by Crippen LogP contribution is 2.32. The topological polar surface area (TPSA) is 102 Å². The molecule has 8 nitrogen and oxygen atoms in total. The molecule has 0 aliphatic carbocycles. The lowest BCUT2D eigenvalue weighted by molar-refractivity contribution is -0.118. The van der Waals surface area contributed by atoms with Gasteiger partial charge in [0.15, 0.2) is 15.8 Å². The number of thioether (sulfide) groups is 1. The molecular formula is C17H14N4O4S3. The Morgan fingerprint density at radius 3 is 2.93 bits per heavy atom. The number of ether oxygens (including phenoxy) is 2. The van der Waals surface area contributed by atoms with E-state index in [-0.39, 0.29) is 24.4 Å². The summed E-state index contributed by atoms with van der Waals surface area (Å²) in [6, 6.07) is 9.10. The van der Waals surface area contributed by atoms with Crippen molar-refractivity contribution < 1.29 is 19.1 Å². The first-order valence-corrected chi connectivity index (χ1v) is 10.8. The molecule has 0 unspecified atom stereocenters. The summed E-state index contributed by atoms with van der Waals surface area (Å²) in [5.41, 5.74) is 0.928. The standard InChI is InChI=1S/C17H14N4O4S3/c22-14(18-7-10-3-4-11-12(6-10)25-9-24-11)8-27-17-21-20-16(28-17)19-15(23)13-2-1-5-26-13/h1-6H,7-9H2,(H,18,22)(H,19,20,23). The van der Waals surface area contributed by atoms with Crippen molar-refractivity contribution in [2.75, 3.05) is 17.9 Å². The van der Waals surface area contributed by atoms with Gasteiger partial charge in [0.2, 0.25) is 17.8 Å². The molecule has 0 spiro atoms. The van der Waals surface area contributed by atoms with E-state index in [2.05, 4.69) is 20.8 Å². The normalized spacial score (nSPS) is 12.0. The molecule has 1 aliphatic heterocycles. The Balaban J connectivity index is 1.23. The number of hydrogen-bond donors (Lipinski definition) is 2. The van der Waals surface area contributed by atoms with Crippen molar-refractivity contribution in [1.82, 2.24) is 15.5 Å². The van der Waals surface area contributed by atoms with E-state index in [0.717, 1.165) is 5.56 Å². The molecule has 0 saturated carbocycles. The number of anilines is 1. The van der Waals surface area contributed by atoms with Crippen LogP contribution in [0.4, 0.5) is 5.13 Å². The maximum atomic E-state index is 12.1. The van der Waals surface area contributed by atoms with Crippen molar-refractivity contribution in [3.63, 3.8) is 0 Å². The molecule has 2 N–H and O–H groups in total. The predicted molar refractivity (Wildman–Crippen MR) is 107 cm³/mol. The summed E-state index contributed by atoms with van der Waals surface area (Å²) in [6.45, 7) is 0.619. The van der Waals surface area contributed by atoms with Crippen LogP contribution < -0.4 is 20.1 Å². The smallest absolute Gasteiger partial charge is 0.267 e. The largest absolute Gasteiger partial charge is 0.454 e. The number of benzene rings is 1. The average molecular weight is 435 g/mol. The van der Waals surface area contributed by atoms with Gasteiger partial charge in [-0.05, 0) is 29.1 Å². The van der Waals surface area contributed by atoms with Crippen LogP contribution in [0, 0.1) is 0 Å². The van der Waals surface area contributed by atoms with E-state index in [4.69, 9.17) is 9.47 Å². The SMILES string of the molecule is O=C(CSc1nnc(NC(=O)c2cccs2)s1)NCc1ccc2c(c1)OCO2. The molecule has 2 amide bonds. The third-order valence-corrected chi connectivity index (χ3v) is 6.47. The molecule has 1 aliphatic rings. The zero-order valence-corrected chi connectivity index (χ0v) is 16.8. The summed E-state index contributed by atoms with van der Waals surface area (Å²) in [6.07, 6.45) is 0. The van der Waals surface area contributed by atoms with Crippen LogP contribution in [-0.4, -0.2) is 34.6 Å². The Hall–Kier alpha value is -2.63. The lowest BCUT2D eigenvalue weighted by Gasteiger charge is -2.05. The molecule has 0 saturated heterocycles. The van der Waals surface area contributed by atoms with Crippen LogP contribution >= 0.6 is 34.4 Å². The molecule has 4 rings (SSSR count). The highest BCUT2D eigenvalue weighted by Gasteiger charge is 2.14. The van der Waals surface area contributed by atoms with Gasteiger partial charge < -0.3 is 14.8 Å². The lowest BCUT2D eigenvalue weighted by Crippen LogP contribution is -2.24. The fourth-order valence-electron chi connectivity index (χ4n) is 2.31. The number of nitrogens with zero attached hydrogens (tertiary/aromatic N) is 2. The highest BCUT2D eigenvalue weighted by molar-refractivity contribution is 8.01. The Bertz CT molecular complexity index is 990. The zero-order valence-electron chi connectivity index (χ0n) is 14.3. The molecular weight excluding hydrogens is 420 g/mol. The van der Waals surface area contributed by atoms with Gasteiger partial charge in [-0.15, -0.1) is 21.5 Å². The summed E-state index contributed by atoms with van der Waals surface area (Å²) in [7, 11) is 0. The van der Waals surface area contributed by atoms with E-state index in [1.54, 1.807) is 6.07 Å². The van der Waals surface area contributed by atoms with Crippen molar-refractivity contribution in [3.05, 3.63) is 46.2 Å². The van der Waals surface area contributed by atoms with Gasteiger partial charge in [-0.1, -0.05) is 35.2 Å². The molecule has 1 aromatic carbocycles. The lowest BCUT2D eigenvalue weighted by atomic mass is 10.2. The van der Waals surface area contributed by atoms with Gasteiger partial charge in [-0.3, -0.25) is 14.9 Å². The predicted octanol–water partition coefficient (Wildman–Crippen LogP) is 2.99. The van der Waals surface area contributed by atoms with Crippen LogP contribution in [0.15, 0.2) is 40.1 Å². The number of fused-ring (bicyclic) bond motifs is 1. The molecule has 11 heteroatoms. The number of carbonyl (C=O) groups excluding carboxylic acids is 2. The van der Waals surface area contributed by atoms with E-state index in [1.807, 2.05) is 29.6 Å². The van der Waals surface area contributed by atoms with Crippen LogP contribution in [0.5, 0.6) is 11.5 Å². The number of amides is 2. The summed E-state index contributed by atoms with van der Waals surface area (Å²) in [4.78, 5) is 24.7. The van der Waals surface area contributed by atoms with Crippen LogP contribution in [-0.2, 0) is 11.3 Å². The van der Waals surface area contributed by atoms with Crippen LogP contribution in [0.1, 0.15) is 15.2 Å². The van der Waals surface area contributed by atoms with Crippen LogP contribution in [0.2, 0.25) is 0 Å². The van der Waals surface area contributed by atoms with E-state index in [0.29, 0.717) is 32.4 Å². The van der Waals surface area contributed by atoms with Gasteiger partial charge in [0.1, 0.15) is 0 Å². The Morgan fingerprint density at radius 2 is 2.07 bits per heavy atom. The van der Waals surface area contributed by atoms with E-state index >= 15 is 0 Å². The van der Waals surface area contributed by atoms with Crippen molar-refractivity contribution >= 4 is 51.4 Å². The van der Waals surface area contributed by atoms with E-state index in [9.17, 15) is 9.59 Å². The van der Waals surface area contributed by atoms with E-state index < -0.39 is 0 Å². The van der Waals surface area contributed by atoms with Gasteiger partial charge in [0.05, 0.1) is 10.6 Å². The third-order valence-electron chi connectivity index (χ3n) is 3.63. The first kappa shape index (κ1) is 18.7. The maximum Gasteiger partial charge on any atom is 0.267 e. The summed E-state index contributed by atoms with van der Waals surface area (Å²) in [5.74, 6) is 1.26. The summed E-state index contributed by atoms with van der Waals surface area (Å²) < 4.78 is 11.2. The van der Waals surface area contributed by atoms with E-state index in [1.165, 1.54) is 34.4 Å². The summed E-state index contributed by atoms with van der Waals surface area (Å²) in [5, 5.41) is 15.7. The average Bonchev–Trinajstić information content (AvgIpc) is 3.45. The molecule has 0 radical (unpaired) electrons. The number of rotatable bonds is 7. The monoisotopic (exact) mass is 434 g/mol. The minimum absolute atomic E-state index is 0.123. The fourth-order valence-corrected chi connectivity index (χ4v) is 4.51.